The molecule has 2 rings (SSSR count). The van der Waals surface area contributed by atoms with Crippen molar-refractivity contribution in [1.29, 1.82) is 0 Å². The van der Waals surface area contributed by atoms with Gasteiger partial charge in [-0.3, -0.25) is 4.72 Å². The average molecular weight is 437 g/mol. The number of halogens is 2. The number of nitrogens with two attached hydrogens (primary N) is 1. The molecule has 0 saturated heterocycles. The van der Waals surface area contributed by atoms with E-state index in [1.807, 2.05) is 0 Å². The Labute approximate surface area is 142 Å². The average Bonchev–Trinajstić information content (AvgIpc) is 2.37. The van der Waals surface area contributed by atoms with Gasteiger partial charge in [0.15, 0.2) is 0 Å². The molecule has 0 bridgehead atoms. The first-order valence-electron chi connectivity index (χ1n) is 6.06. The Hall–Kier alpha value is -0.990. The third kappa shape index (κ3) is 3.44. The van der Waals surface area contributed by atoms with Crippen molar-refractivity contribution in [2.75, 3.05) is 10.5 Å². The summed E-state index contributed by atoms with van der Waals surface area (Å²) in [5.41, 5.74) is 7.82. The van der Waals surface area contributed by atoms with Crippen LogP contribution in [-0.4, -0.2) is 8.42 Å². The summed E-state index contributed by atoms with van der Waals surface area (Å²) in [5, 5.41) is 0.342. The second-order valence-electron chi connectivity index (χ2n) is 4.67. The van der Waals surface area contributed by atoms with Crippen molar-refractivity contribution in [2.45, 2.75) is 18.7 Å². The lowest BCUT2D eigenvalue weighted by Crippen LogP contribution is -2.17. The monoisotopic (exact) mass is 436 g/mol. The molecule has 21 heavy (non-hydrogen) atoms. The quantitative estimate of drug-likeness (QED) is 0.565. The summed E-state index contributed by atoms with van der Waals surface area (Å²) < 4.78 is 28.6. The summed E-state index contributed by atoms with van der Waals surface area (Å²) in [5.74, 6) is 0. The molecule has 0 heterocycles. The molecule has 2 aromatic carbocycles. The van der Waals surface area contributed by atoms with Gasteiger partial charge in [0.25, 0.3) is 10.0 Å². The maximum Gasteiger partial charge on any atom is 0.264 e. The maximum atomic E-state index is 12.6. The molecule has 112 valence electrons. The van der Waals surface area contributed by atoms with Crippen molar-refractivity contribution in [3.05, 3.63) is 50.1 Å². The number of nitrogens with one attached hydrogen (secondary N) is 1. The molecule has 0 aromatic heterocycles. The van der Waals surface area contributed by atoms with E-state index in [9.17, 15) is 8.42 Å². The summed E-state index contributed by atoms with van der Waals surface area (Å²) in [7, 11) is -3.79. The zero-order chi connectivity index (χ0) is 15.8. The van der Waals surface area contributed by atoms with Crippen molar-refractivity contribution in [2.24, 2.45) is 0 Å². The molecule has 0 spiro atoms. The zero-order valence-electron chi connectivity index (χ0n) is 11.4. The van der Waals surface area contributed by atoms with Crippen molar-refractivity contribution >= 4 is 55.6 Å². The van der Waals surface area contributed by atoms with Gasteiger partial charge in [0.1, 0.15) is 4.90 Å². The van der Waals surface area contributed by atoms with Crippen LogP contribution in [-0.2, 0) is 10.0 Å². The molecule has 0 aliphatic carbocycles. The molecule has 0 atom stereocenters. The number of hydrogen-bond acceptors (Lipinski definition) is 3. The molecule has 3 N–H and O–H groups in total. The summed E-state index contributed by atoms with van der Waals surface area (Å²) in [6.45, 7) is 3.48. The third-order valence-corrected chi connectivity index (χ3v) is 5.61. The Kier molecular flexibility index (Phi) is 4.69. The molecule has 0 amide bonds. The Morgan fingerprint density at radius 3 is 2.38 bits per heavy atom. The van der Waals surface area contributed by atoms with Gasteiger partial charge >= 0.3 is 0 Å². The van der Waals surface area contributed by atoms with E-state index in [1.165, 1.54) is 0 Å². The van der Waals surface area contributed by atoms with Gasteiger partial charge in [-0.1, -0.05) is 23.7 Å². The third-order valence-electron chi connectivity index (χ3n) is 3.06. The van der Waals surface area contributed by atoms with Crippen molar-refractivity contribution in [1.82, 2.24) is 0 Å². The lowest BCUT2D eigenvalue weighted by Gasteiger charge is -2.15. The van der Waals surface area contributed by atoms with Crippen LogP contribution in [0.2, 0.25) is 5.02 Å². The Balaban J connectivity index is 2.51. The van der Waals surface area contributed by atoms with Gasteiger partial charge in [-0.2, -0.15) is 0 Å². The highest BCUT2D eigenvalue weighted by molar-refractivity contribution is 14.1. The summed E-state index contributed by atoms with van der Waals surface area (Å²) in [4.78, 5) is 0.0946. The topological polar surface area (TPSA) is 72.2 Å². The highest BCUT2D eigenvalue weighted by Gasteiger charge is 2.22. The molecular formula is C14H14ClIN2O2S. The Morgan fingerprint density at radius 1 is 1.14 bits per heavy atom. The van der Waals surface area contributed by atoms with E-state index in [0.29, 0.717) is 16.3 Å². The summed E-state index contributed by atoms with van der Waals surface area (Å²) >= 11 is 8.18. The van der Waals surface area contributed by atoms with Gasteiger partial charge in [0.2, 0.25) is 0 Å². The molecule has 4 nitrogen and oxygen atoms in total. The summed E-state index contributed by atoms with van der Waals surface area (Å²) in [6.07, 6.45) is 0. The first-order chi connectivity index (χ1) is 9.72. The molecule has 0 saturated carbocycles. The molecule has 7 heteroatoms. The van der Waals surface area contributed by atoms with Crippen LogP contribution in [0.15, 0.2) is 35.2 Å². The van der Waals surface area contributed by atoms with Crippen LogP contribution in [0.5, 0.6) is 0 Å². The molecule has 0 aliphatic heterocycles. The number of nitrogen functional groups attached to an aromatic ring is 1. The first-order valence-corrected chi connectivity index (χ1v) is 9.00. The van der Waals surface area contributed by atoms with E-state index < -0.39 is 10.0 Å². The van der Waals surface area contributed by atoms with E-state index >= 15 is 0 Å². The van der Waals surface area contributed by atoms with E-state index in [-0.39, 0.29) is 10.6 Å². The zero-order valence-corrected chi connectivity index (χ0v) is 15.2. The fourth-order valence-corrected chi connectivity index (χ4v) is 4.40. The molecule has 0 aliphatic rings. The second-order valence-corrected chi connectivity index (χ2v) is 7.94. The van der Waals surface area contributed by atoms with Crippen LogP contribution in [0.3, 0.4) is 0 Å². The van der Waals surface area contributed by atoms with Crippen LogP contribution >= 0.6 is 34.2 Å². The molecule has 0 unspecified atom stereocenters. The largest absolute Gasteiger partial charge is 0.397 e. The van der Waals surface area contributed by atoms with E-state index in [0.717, 1.165) is 9.13 Å². The molecule has 2 aromatic rings. The van der Waals surface area contributed by atoms with Crippen molar-refractivity contribution in [3.63, 3.8) is 0 Å². The van der Waals surface area contributed by atoms with E-state index in [2.05, 4.69) is 27.3 Å². The van der Waals surface area contributed by atoms with Gasteiger partial charge < -0.3 is 5.73 Å². The van der Waals surface area contributed by atoms with Gasteiger partial charge in [-0.05, 0) is 65.8 Å². The predicted octanol–water partition coefficient (Wildman–Crippen LogP) is 3.94. The minimum Gasteiger partial charge on any atom is -0.397 e. The standard InChI is InChI=1S/C14H14ClIN2O2S/c1-8-3-4-9(2)14(13(8)17)21(19,20)18-12-6-5-10(16)7-11(12)15/h3-7,18H,17H2,1-2H3. The number of hydrogen-bond donors (Lipinski definition) is 2. The van der Waals surface area contributed by atoms with Gasteiger partial charge in [0, 0.05) is 3.57 Å². The highest BCUT2D eigenvalue weighted by atomic mass is 127. The van der Waals surface area contributed by atoms with Gasteiger partial charge in [-0.15, -0.1) is 0 Å². The van der Waals surface area contributed by atoms with Crippen LogP contribution in [0, 0.1) is 17.4 Å². The van der Waals surface area contributed by atoms with Crippen LogP contribution in [0.1, 0.15) is 11.1 Å². The predicted molar refractivity (Wildman–Crippen MR) is 95.3 cm³/mol. The first kappa shape index (κ1) is 16.4. The van der Waals surface area contributed by atoms with Crippen molar-refractivity contribution < 1.29 is 8.42 Å². The Morgan fingerprint density at radius 2 is 1.76 bits per heavy atom. The van der Waals surface area contributed by atoms with Crippen LogP contribution < -0.4 is 10.5 Å². The number of aryl methyl sites for hydroxylation is 2. The number of rotatable bonds is 3. The normalized spacial score (nSPS) is 11.4. The maximum absolute atomic E-state index is 12.6. The lowest BCUT2D eigenvalue weighted by atomic mass is 10.1. The minimum absolute atomic E-state index is 0.0946. The van der Waals surface area contributed by atoms with E-state index in [4.69, 9.17) is 17.3 Å². The number of sulfonamides is 1. The molecule has 0 radical (unpaired) electrons. The van der Waals surface area contributed by atoms with Gasteiger partial charge in [-0.25, -0.2) is 8.42 Å². The minimum atomic E-state index is -3.79. The number of anilines is 2. The van der Waals surface area contributed by atoms with Crippen molar-refractivity contribution in [3.8, 4) is 0 Å². The number of benzene rings is 2. The van der Waals surface area contributed by atoms with E-state index in [1.54, 1.807) is 44.2 Å². The lowest BCUT2D eigenvalue weighted by molar-refractivity contribution is 0.601. The van der Waals surface area contributed by atoms with Crippen LogP contribution in [0.25, 0.3) is 0 Å². The second kappa shape index (κ2) is 6.02. The van der Waals surface area contributed by atoms with Gasteiger partial charge in [0.05, 0.1) is 16.4 Å². The Bertz CT molecular complexity index is 807. The molecular weight excluding hydrogens is 423 g/mol. The fourth-order valence-electron chi connectivity index (χ4n) is 1.93. The fraction of sp³-hybridized carbons (Fsp3) is 0.143. The smallest absolute Gasteiger partial charge is 0.264 e. The van der Waals surface area contributed by atoms with Crippen LogP contribution in [0.4, 0.5) is 11.4 Å². The molecule has 0 fully saturated rings. The highest BCUT2D eigenvalue weighted by Crippen LogP contribution is 2.30. The SMILES string of the molecule is Cc1ccc(C)c(S(=O)(=O)Nc2ccc(I)cc2Cl)c1N. The summed E-state index contributed by atoms with van der Waals surface area (Å²) in [6, 6.07) is 8.61.